The predicted molar refractivity (Wildman–Crippen MR) is 74.3 cm³/mol. The van der Waals surface area contributed by atoms with Gasteiger partial charge in [0.05, 0.1) is 17.2 Å². The Morgan fingerprint density at radius 1 is 1.14 bits per heavy atom. The number of nitrogen functional groups attached to an aromatic ring is 1. The Kier molecular flexibility index (Phi) is 4.03. The first-order chi connectivity index (χ1) is 9.90. The zero-order valence-electron chi connectivity index (χ0n) is 10.9. The van der Waals surface area contributed by atoms with Gasteiger partial charge in [-0.25, -0.2) is 0 Å². The summed E-state index contributed by atoms with van der Waals surface area (Å²) in [6, 6.07) is 12.1. The highest BCUT2D eigenvalue weighted by Gasteiger charge is 2.33. The minimum Gasteiger partial charge on any atom is -0.399 e. The monoisotopic (exact) mass is 291 g/mol. The van der Waals surface area contributed by atoms with Crippen LogP contribution in [0, 0.1) is 11.3 Å². The molecule has 0 radical (unpaired) electrons. The van der Waals surface area contributed by atoms with E-state index < -0.39 is 17.3 Å². The molecule has 0 saturated carbocycles. The van der Waals surface area contributed by atoms with Gasteiger partial charge in [-0.2, -0.15) is 18.4 Å². The summed E-state index contributed by atoms with van der Waals surface area (Å²) >= 11 is 0. The Bertz CT molecular complexity index is 687. The second-order valence-electron chi connectivity index (χ2n) is 4.47. The van der Waals surface area contributed by atoms with E-state index in [0.29, 0.717) is 17.9 Å². The van der Waals surface area contributed by atoms with Crippen molar-refractivity contribution in [2.75, 3.05) is 11.1 Å². The molecule has 6 heteroatoms. The summed E-state index contributed by atoms with van der Waals surface area (Å²) in [4.78, 5) is 0. The normalized spacial score (nSPS) is 11.0. The number of hydrogen-bond acceptors (Lipinski definition) is 3. The van der Waals surface area contributed by atoms with E-state index in [2.05, 4.69) is 5.32 Å². The number of nitrogens with zero attached hydrogens (tertiary/aromatic N) is 1. The van der Waals surface area contributed by atoms with Gasteiger partial charge in [-0.3, -0.25) is 0 Å². The highest BCUT2D eigenvalue weighted by atomic mass is 19.4. The fourth-order valence-electron chi connectivity index (χ4n) is 1.90. The van der Waals surface area contributed by atoms with Crippen LogP contribution in [-0.2, 0) is 12.7 Å². The van der Waals surface area contributed by atoms with E-state index in [1.807, 2.05) is 6.07 Å². The molecule has 0 bridgehead atoms. The number of nitrogens with one attached hydrogen (secondary N) is 1. The van der Waals surface area contributed by atoms with Crippen LogP contribution in [0.15, 0.2) is 42.5 Å². The van der Waals surface area contributed by atoms with Gasteiger partial charge in [0.15, 0.2) is 0 Å². The summed E-state index contributed by atoms with van der Waals surface area (Å²) in [5.41, 5.74) is 6.26. The fourth-order valence-corrected chi connectivity index (χ4v) is 1.90. The van der Waals surface area contributed by atoms with Crippen LogP contribution in [0.5, 0.6) is 0 Å². The van der Waals surface area contributed by atoms with Gasteiger partial charge < -0.3 is 11.1 Å². The van der Waals surface area contributed by atoms with E-state index >= 15 is 0 Å². The zero-order valence-corrected chi connectivity index (χ0v) is 10.9. The number of hydrogen-bond donors (Lipinski definition) is 2. The highest BCUT2D eigenvalue weighted by Crippen LogP contribution is 2.33. The lowest BCUT2D eigenvalue weighted by Gasteiger charge is -2.12. The molecule has 0 atom stereocenters. The standard InChI is InChI=1S/C15H12F3N3/c16-15(17,18)14-5-4-13(7-11(14)8-19)21-9-10-2-1-3-12(20)6-10/h1-7,21H,9,20H2. The summed E-state index contributed by atoms with van der Waals surface area (Å²) < 4.78 is 38.0. The molecular formula is C15H12F3N3. The van der Waals surface area contributed by atoms with Crippen LogP contribution in [0.25, 0.3) is 0 Å². The molecule has 0 fully saturated rings. The van der Waals surface area contributed by atoms with Gasteiger partial charge in [-0.15, -0.1) is 0 Å². The molecule has 0 amide bonds. The summed E-state index contributed by atoms with van der Waals surface area (Å²) in [5, 5.41) is 11.8. The van der Waals surface area contributed by atoms with E-state index in [0.717, 1.165) is 11.6 Å². The second-order valence-corrected chi connectivity index (χ2v) is 4.47. The molecular weight excluding hydrogens is 279 g/mol. The molecule has 0 spiro atoms. The quantitative estimate of drug-likeness (QED) is 0.846. The van der Waals surface area contributed by atoms with Gasteiger partial charge >= 0.3 is 6.18 Å². The first-order valence-corrected chi connectivity index (χ1v) is 6.10. The van der Waals surface area contributed by atoms with Gasteiger partial charge in [0.25, 0.3) is 0 Å². The van der Waals surface area contributed by atoms with Gasteiger partial charge in [0.2, 0.25) is 0 Å². The molecule has 0 aliphatic heterocycles. The number of alkyl halides is 3. The molecule has 0 unspecified atom stereocenters. The first-order valence-electron chi connectivity index (χ1n) is 6.10. The lowest BCUT2D eigenvalue weighted by atomic mass is 10.1. The van der Waals surface area contributed by atoms with Crippen molar-refractivity contribution in [1.29, 1.82) is 5.26 Å². The molecule has 2 rings (SSSR count). The molecule has 0 heterocycles. The van der Waals surface area contributed by atoms with E-state index in [-0.39, 0.29) is 0 Å². The number of halogens is 3. The van der Waals surface area contributed by atoms with Crippen molar-refractivity contribution in [2.45, 2.75) is 12.7 Å². The van der Waals surface area contributed by atoms with Gasteiger partial charge in [0, 0.05) is 17.9 Å². The van der Waals surface area contributed by atoms with Crippen LogP contribution < -0.4 is 11.1 Å². The molecule has 108 valence electrons. The lowest BCUT2D eigenvalue weighted by molar-refractivity contribution is -0.137. The van der Waals surface area contributed by atoms with E-state index in [1.54, 1.807) is 24.3 Å². The lowest BCUT2D eigenvalue weighted by Crippen LogP contribution is -2.08. The Hall–Kier alpha value is -2.68. The van der Waals surface area contributed by atoms with E-state index in [1.165, 1.54) is 12.1 Å². The first kappa shape index (κ1) is 14.7. The smallest absolute Gasteiger partial charge is 0.399 e. The van der Waals surface area contributed by atoms with Crippen molar-refractivity contribution in [2.24, 2.45) is 0 Å². The van der Waals surface area contributed by atoms with E-state index in [4.69, 9.17) is 11.0 Å². The average Bonchev–Trinajstić information content (AvgIpc) is 2.44. The topological polar surface area (TPSA) is 61.8 Å². The average molecular weight is 291 g/mol. The minimum atomic E-state index is -4.53. The summed E-state index contributed by atoms with van der Waals surface area (Å²) in [7, 11) is 0. The second kappa shape index (κ2) is 5.75. The van der Waals surface area contributed by atoms with Crippen molar-refractivity contribution in [3.63, 3.8) is 0 Å². The molecule has 0 aliphatic rings. The third kappa shape index (κ3) is 3.66. The molecule has 0 aliphatic carbocycles. The third-order valence-electron chi connectivity index (χ3n) is 2.89. The number of rotatable bonds is 3. The highest BCUT2D eigenvalue weighted by molar-refractivity contribution is 5.54. The number of anilines is 2. The Morgan fingerprint density at radius 2 is 1.90 bits per heavy atom. The Labute approximate surface area is 119 Å². The summed E-state index contributed by atoms with van der Waals surface area (Å²) in [6.07, 6.45) is -4.53. The summed E-state index contributed by atoms with van der Waals surface area (Å²) in [6.45, 7) is 0.404. The van der Waals surface area contributed by atoms with Crippen LogP contribution in [0.2, 0.25) is 0 Å². The predicted octanol–water partition coefficient (Wildman–Crippen LogP) is 3.77. The maximum Gasteiger partial charge on any atom is 0.417 e. The van der Waals surface area contributed by atoms with Crippen molar-refractivity contribution in [3.8, 4) is 6.07 Å². The van der Waals surface area contributed by atoms with Crippen molar-refractivity contribution >= 4 is 11.4 Å². The SMILES string of the molecule is N#Cc1cc(NCc2cccc(N)c2)ccc1C(F)(F)F. The van der Waals surface area contributed by atoms with Gasteiger partial charge in [0.1, 0.15) is 0 Å². The van der Waals surface area contributed by atoms with Crippen LogP contribution in [0.3, 0.4) is 0 Å². The van der Waals surface area contributed by atoms with Crippen molar-refractivity contribution in [3.05, 3.63) is 59.2 Å². The molecule has 0 saturated heterocycles. The molecule has 3 nitrogen and oxygen atoms in total. The fraction of sp³-hybridized carbons (Fsp3) is 0.133. The van der Waals surface area contributed by atoms with Gasteiger partial charge in [-0.1, -0.05) is 12.1 Å². The molecule has 0 aromatic heterocycles. The van der Waals surface area contributed by atoms with Gasteiger partial charge in [-0.05, 0) is 35.9 Å². The van der Waals surface area contributed by atoms with E-state index in [9.17, 15) is 13.2 Å². The van der Waals surface area contributed by atoms with Crippen LogP contribution in [-0.4, -0.2) is 0 Å². The van der Waals surface area contributed by atoms with Crippen molar-refractivity contribution in [1.82, 2.24) is 0 Å². The number of nitriles is 1. The maximum absolute atomic E-state index is 12.7. The van der Waals surface area contributed by atoms with Crippen LogP contribution in [0.1, 0.15) is 16.7 Å². The minimum absolute atomic E-state index is 0.403. The van der Waals surface area contributed by atoms with Crippen LogP contribution in [0.4, 0.5) is 24.5 Å². The Morgan fingerprint density at radius 3 is 2.52 bits per heavy atom. The largest absolute Gasteiger partial charge is 0.417 e. The molecule has 2 aromatic rings. The summed E-state index contributed by atoms with van der Waals surface area (Å²) in [5.74, 6) is 0. The number of benzene rings is 2. The molecule has 3 N–H and O–H groups in total. The molecule has 2 aromatic carbocycles. The number of nitrogens with two attached hydrogens (primary N) is 1. The van der Waals surface area contributed by atoms with Crippen molar-refractivity contribution < 1.29 is 13.2 Å². The maximum atomic E-state index is 12.7. The Balaban J connectivity index is 2.17. The molecule has 21 heavy (non-hydrogen) atoms. The zero-order chi connectivity index (χ0) is 15.5. The van der Waals surface area contributed by atoms with Crippen LogP contribution >= 0.6 is 0 Å². The third-order valence-corrected chi connectivity index (χ3v) is 2.89.